The first-order valence-corrected chi connectivity index (χ1v) is 9.97. The summed E-state index contributed by atoms with van der Waals surface area (Å²) in [4.78, 5) is 30.2. The van der Waals surface area contributed by atoms with Gasteiger partial charge in [0.1, 0.15) is 5.82 Å². The maximum Gasteiger partial charge on any atom is 0.319 e. The monoisotopic (exact) mass is 374 g/mol. The van der Waals surface area contributed by atoms with Crippen molar-refractivity contribution in [2.45, 2.75) is 70.9 Å². The molecule has 2 amide bonds. The third kappa shape index (κ3) is 4.90. The quantitative estimate of drug-likeness (QED) is 0.749. The molecule has 0 spiro atoms. The number of nitrogens with zero attached hydrogens (tertiary/aromatic N) is 2. The van der Waals surface area contributed by atoms with Crippen molar-refractivity contribution in [2.75, 3.05) is 16.8 Å². The van der Waals surface area contributed by atoms with Crippen molar-refractivity contribution in [3.8, 4) is 0 Å². The molecule has 1 aromatic heterocycles. The van der Waals surface area contributed by atoms with Gasteiger partial charge in [-0.3, -0.25) is 4.79 Å². The van der Waals surface area contributed by atoms with E-state index < -0.39 is 5.97 Å². The fourth-order valence-electron chi connectivity index (χ4n) is 4.19. The van der Waals surface area contributed by atoms with Crippen molar-refractivity contribution in [3.63, 3.8) is 0 Å². The van der Waals surface area contributed by atoms with Crippen LogP contribution in [0.1, 0.15) is 57.4 Å². The summed E-state index contributed by atoms with van der Waals surface area (Å²) in [6.45, 7) is 5.29. The van der Waals surface area contributed by atoms with Crippen molar-refractivity contribution in [3.05, 3.63) is 17.8 Å². The first kappa shape index (κ1) is 19.5. The first-order valence-electron chi connectivity index (χ1n) is 9.97. The molecule has 27 heavy (non-hydrogen) atoms. The third-order valence-corrected chi connectivity index (χ3v) is 5.80. The van der Waals surface area contributed by atoms with E-state index in [0.29, 0.717) is 37.4 Å². The van der Waals surface area contributed by atoms with E-state index in [9.17, 15) is 9.59 Å². The van der Waals surface area contributed by atoms with Crippen LogP contribution in [0.25, 0.3) is 0 Å². The number of carboxylic acid groups (broad SMARTS) is 1. The normalized spacial score (nSPS) is 25.7. The summed E-state index contributed by atoms with van der Waals surface area (Å²) in [6.07, 6.45) is 8.00. The molecule has 1 aliphatic heterocycles. The number of urea groups is 1. The molecule has 3 rings (SSSR count). The fraction of sp³-hybridized carbons (Fsp3) is 0.650. The van der Waals surface area contributed by atoms with Gasteiger partial charge >= 0.3 is 12.0 Å². The van der Waals surface area contributed by atoms with Gasteiger partial charge in [0.2, 0.25) is 0 Å². The number of piperidine rings is 1. The topological polar surface area (TPSA) is 94.6 Å². The maximum atomic E-state index is 12.3. The highest BCUT2D eigenvalue weighted by molar-refractivity contribution is 5.89. The lowest BCUT2D eigenvalue weighted by Crippen LogP contribution is -2.41. The zero-order valence-electron chi connectivity index (χ0n) is 16.2. The van der Waals surface area contributed by atoms with Gasteiger partial charge in [0.05, 0.1) is 17.8 Å². The second-order valence-corrected chi connectivity index (χ2v) is 7.89. The Labute approximate surface area is 160 Å². The summed E-state index contributed by atoms with van der Waals surface area (Å²) in [5.74, 6) is -0.00889. The summed E-state index contributed by atoms with van der Waals surface area (Å²) >= 11 is 0. The van der Waals surface area contributed by atoms with E-state index in [4.69, 9.17) is 5.11 Å². The molecule has 7 nitrogen and oxygen atoms in total. The number of amides is 2. The number of rotatable bonds is 4. The van der Waals surface area contributed by atoms with Crippen LogP contribution in [0.2, 0.25) is 0 Å². The van der Waals surface area contributed by atoms with Crippen LogP contribution in [0.15, 0.2) is 12.3 Å². The number of aryl methyl sites for hydroxylation is 1. The molecular weight excluding hydrogens is 344 g/mol. The van der Waals surface area contributed by atoms with Gasteiger partial charge in [0, 0.05) is 18.6 Å². The Balaban J connectivity index is 1.54. The summed E-state index contributed by atoms with van der Waals surface area (Å²) in [5, 5.41) is 14.9. The Hall–Kier alpha value is -2.31. The summed E-state index contributed by atoms with van der Waals surface area (Å²) in [5.41, 5.74) is 1.74. The Morgan fingerprint density at radius 2 is 1.93 bits per heavy atom. The zero-order valence-corrected chi connectivity index (χ0v) is 16.2. The molecule has 1 atom stereocenters. The number of carboxylic acids is 1. The van der Waals surface area contributed by atoms with Gasteiger partial charge in [0.15, 0.2) is 0 Å². The van der Waals surface area contributed by atoms with Gasteiger partial charge in [0.25, 0.3) is 0 Å². The second-order valence-electron chi connectivity index (χ2n) is 7.89. The number of anilines is 2. The molecule has 2 aliphatic rings. The average molecular weight is 374 g/mol. The molecule has 148 valence electrons. The summed E-state index contributed by atoms with van der Waals surface area (Å²) < 4.78 is 0. The molecule has 2 fully saturated rings. The number of carbonyl (C=O) groups is 2. The summed E-state index contributed by atoms with van der Waals surface area (Å²) in [6, 6.07) is 2.23. The minimum absolute atomic E-state index is 0.0307. The Morgan fingerprint density at radius 3 is 2.56 bits per heavy atom. The number of hydrogen-bond donors (Lipinski definition) is 3. The summed E-state index contributed by atoms with van der Waals surface area (Å²) in [7, 11) is 0. The third-order valence-electron chi connectivity index (χ3n) is 5.80. The number of aromatic nitrogens is 1. The lowest BCUT2D eigenvalue weighted by atomic mass is 9.86. The highest BCUT2D eigenvalue weighted by Crippen LogP contribution is 2.27. The number of nitrogens with one attached hydrogen (secondary N) is 2. The van der Waals surface area contributed by atoms with Gasteiger partial charge in [-0.05, 0) is 70.4 Å². The molecule has 1 saturated carbocycles. The van der Waals surface area contributed by atoms with Crippen LogP contribution in [0, 0.1) is 12.8 Å². The Bertz CT molecular complexity index is 686. The standard InChI is InChI=1S/C20H30N4O3/c1-13-11-17(12-21-18(13)24-10-4-3-5-14(24)2)23-20(27)22-16-8-6-15(7-9-16)19(25)26/h11-12,14-16H,3-10H2,1-2H3,(H,25,26)(H2,22,23,27). The van der Waals surface area contributed by atoms with Gasteiger partial charge in [-0.15, -0.1) is 0 Å². The number of carbonyl (C=O) groups excluding carboxylic acids is 1. The van der Waals surface area contributed by atoms with Crippen LogP contribution in [-0.4, -0.2) is 40.7 Å². The largest absolute Gasteiger partial charge is 0.481 e. The van der Waals surface area contributed by atoms with Crippen LogP contribution in [0.5, 0.6) is 0 Å². The lowest BCUT2D eigenvalue weighted by molar-refractivity contribution is -0.142. The number of hydrogen-bond acceptors (Lipinski definition) is 4. The van der Waals surface area contributed by atoms with Crippen LogP contribution in [0.3, 0.4) is 0 Å². The van der Waals surface area contributed by atoms with Crippen LogP contribution in [-0.2, 0) is 4.79 Å². The average Bonchev–Trinajstić information content (AvgIpc) is 2.63. The molecule has 1 aliphatic carbocycles. The van der Waals surface area contributed by atoms with Crippen LogP contribution in [0.4, 0.5) is 16.3 Å². The van der Waals surface area contributed by atoms with Gasteiger partial charge in [-0.2, -0.15) is 0 Å². The molecule has 3 N–H and O–H groups in total. The van der Waals surface area contributed by atoms with Crippen LogP contribution < -0.4 is 15.5 Å². The molecule has 0 aromatic carbocycles. The molecule has 7 heteroatoms. The van der Waals surface area contributed by atoms with E-state index >= 15 is 0 Å². The maximum absolute atomic E-state index is 12.3. The van der Waals surface area contributed by atoms with E-state index in [0.717, 1.165) is 17.9 Å². The smallest absolute Gasteiger partial charge is 0.319 e. The fourth-order valence-corrected chi connectivity index (χ4v) is 4.19. The molecule has 0 radical (unpaired) electrons. The number of aliphatic carboxylic acids is 1. The SMILES string of the molecule is Cc1cc(NC(=O)NC2CCC(C(=O)O)CC2)cnc1N1CCCCC1C. The first-order chi connectivity index (χ1) is 12.9. The van der Waals surface area contributed by atoms with Gasteiger partial charge in [-0.1, -0.05) is 0 Å². The van der Waals surface area contributed by atoms with E-state index in [2.05, 4.69) is 27.4 Å². The van der Waals surface area contributed by atoms with E-state index in [1.807, 2.05) is 13.0 Å². The molecule has 0 bridgehead atoms. The predicted molar refractivity (Wildman–Crippen MR) is 105 cm³/mol. The van der Waals surface area contributed by atoms with E-state index in [-0.39, 0.29) is 18.0 Å². The zero-order chi connectivity index (χ0) is 19.4. The van der Waals surface area contributed by atoms with Gasteiger partial charge < -0.3 is 20.6 Å². The highest BCUT2D eigenvalue weighted by Gasteiger charge is 2.27. The van der Waals surface area contributed by atoms with E-state index in [1.165, 1.54) is 19.3 Å². The van der Waals surface area contributed by atoms with Crippen LogP contribution >= 0.6 is 0 Å². The van der Waals surface area contributed by atoms with Gasteiger partial charge in [-0.25, -0.2) is 9.78 Å². The number of pyridine rings is 1. The molecule has 2 heterocycles. The minimum Gasteiger partial charge on any atom is -0.481 e. The molecule has 1 unspecified atom stereocenters. The van der Waals surface area contributed by atoms with Crippen molar-refractivity contribution in [2.24, 2.45) is 5.92 Å². The molecule has 1 aromatic rings. The van der Waals surface area contributed by atoms with Crippen molar-refractivity contribution >= 4 is 23.5 Å². The second kappa shape index (κ2) is 8.59. The van der Waals surface area contributed by atoms with Crippen molar-refractivity contribution in [1.82, 2.24) is 10.3 Å². The molecular formula is C20H30N4O3. The molecule has 1 saturated heterocycles. The minimum atomic E-state index is -0.734. The Morgan fingerprint density at radius 1 is 1.19 bits per heavy atom. The Kier molecular flexibility index (Phi) is 6.19. The predicted octanol–water partition coefficient (Wildman–Crippen LogP) is 3.53. The van der Waals surface area contributed by atoms with Crippen molar-refractivity contribution < 1.29 is 14.7 Å². The van der Waals surface area contributed by atoms with Crippen molar-refractivity contribution in [1.29, 1.82) is 0 Å². The lowest BCUT2D eigenvalue weighted by Gasteiger charge is -2.35. The highest BCUT2D eigenvalue weighted by atomic mass is 16.4. The van der Waals surface area contributed by atoms with E-state index in [1.54, 1.807) is 6.20 Å².